The van der Waals surface area contributed by atoms with Gasteiger partial charge >= 0.3 is 0 Å². The van der Waals surface area contributed by atoms with E-state index in [1.165, 1.54) is 0 Å². The Balaban J connectivity index is 2.12. The van der Waals surface area contributed by atoms with Crippen LogP contribution in [0.1, 0.15) is 31.4 Å². The fraction of sp³-hybridized carbons (Fsp3) is 0.545. The van der Waals surface area contributed by atoms with Crippen LogP contribution in [0.4, 0.5) is 0 Å². The maximum Gasteiger partial charge on any atom is 0.106 e. The summed E-state index contributed by atoms with van der Waals surface area (Å²) in [6.07, 6.45) is 6.58. The van der Waals surface area contributed by atoms with Crippen LogP contribution in [0, 0.1) is 0 Å². The Kier molecular flexibility index (Phi) is 3.06. The number of hydrogen-bond acceptors (Lipinski definition) is 3. The quantitative estimate of drug-likeness (QED) is 0.821. The highest BCUT2D eigenvalue weighted by molar-refractivity contribution is 5.21. The largest absolute Gasteiger partial charge is 0.501 e. The van der Waals surface area contributed by atoms with Crippen molar-refractivity contribution in [3.05, 3.63) is 29.8 Å². The van der Waals surface area contributed by atoms with E-state index in [1.807, 2.05) is 17.8 Å². The molecular weight excluding hydrogens is 192 g/mol. The van der Waals surface area contributed by atoms with Crippen molar-refractivity contribution < 1.29 is 9.84 Å². The number of aliphatic hydroxyl groups is 1. The van der Waals surface area contributed by atoms with Crippen LogP contribution in [-0.4, -0.2) is 21.5 Å². The Bertz CT molecular complexity index is 357. The first-order valence-corrected chi connectivity index (χ1v) is 5.32. The molecule has 0 spiro atoms. The molecule has 1 aliphatic rings. The van der Waals surface area contributed by atoms with Crippen molar-refractivity contribution >= 4 is 0 Å². The van der Waals surface area contributed by atoms with Gasteiger partial charge in [0.25, 0.3) is 0 Å². The molecule has 0 radical (unpaired) electrons. The predicted octanol–water partition coefficient (Wildman–Crippen LogP) is 1.63. The Morgan fingerprint density at radius 3 is 3.13 bits per heavy atom. The third-order valence-corrected chi connectivity index (χ3v) is 2.61. The van der Waals surface area contributed by atoms with Gasteiger partial charge in [-0.25, -0.2) is 0 Å². The first-order valence-electron chi connectivity index (χ1n) is 5.32. The van der Waals surface area contributed by atoms with E-state index >= 15 is 0 Å². The van der Waals surface area contributed by atoms with Crippen molar-refractivity contribution in [2.24, 2.45) is 0 Å². The van der Waals surface area contributed by atoms with E-state index in [9.17, 15) is 5.11 Å². The van der Waals surface area contributed by atoms with Crippen LogP contribution in [0.5, 0.6) is 0 Å². The molecule has 1 unspecified atom stereocenters. The minimum Gasteiger partial charge on any atom is -0.501 e. The Hall–Kier alpha value is -1.29. The highest BCUT2D eigenvalue weighted by Gasteiger charge is 2.17. The number of nitrogens with zero attached hydrogens (tertiary/aromatic N) is 2. The lowest BCUT2D eigenvalue weighted by Gasteiger charge is -2.17. The molecule has 1 aliphatic heterocycles. The van der Waals surface area contributed by atoms with E-state index in [0.717, 1.165) is 37.1 Å². The van der Waals surface area contributed by atoms with Gasteiger partial charge in [0.05, 0.1) is 19.1 Å². The second-order valence-corrected chi connectivity index (χ2v) is 3.70. The lowest BCUT2D eigenvalue weighted by atomic mass is 10.0. The van der Waals surface area contributed by atoms with Crippen LogP contribution in [-0.2, 0) is 11.3 Å². The standard InChI is InChI=1S/C11H16N2O2/c1-2-13-7-10(6-12-13)11(14)9-4-3-5-15-8-9/h6-8,11,14H,2-5H2,1H3. The number of aliphatic hydroxyl groups excluding tert-OH is 1. The number of aryl methyl sites for hydroxylation is 1. The summed E-state index contributed by atoms with van der Waals surface area (Å²) in [6, 6.07) is 0. The zero-order valence-corrected chi connectivity index (χ0v) is 8.89. The SMILES string of the molecule is CCn1cc(C(O)C2=COCCC2)cn1. The van der Waals surface area contributed by atoms with Gasteiger partial charge in [0.15, 0.2) is 0 Å². The second-order valence-electron chi connectivity index (χ2n) is 3.70. The molecule has 1 aromatic heterocycles. The fourth-order valence-corrected chi connectivity index (χ4v) is 1.69. The van der Waals surface area contributed by atoms with Crippen LogP contribution < -0.4 is 0 Å². The van der Waals surface area contributed by atoms with Crippen LogP contribution >= 0.6 is 0 Å². The van der Waals surface area contributed by atoms with Crippen molar-refractivity contribution in [1.29, 1.82) is 0 Å². The van der Waals surface area contributed by atoms with Gasteiger partial charge < -0.3 is 9.84 Å². The van der Waals surface area contributed by atoms with Crippen molar-refractivity contribution in [3.8, 4) is 0 Å². The zero-order valence-electron chi connectivity index (χ0n) is 8.89. The Morgan fingerprint density at radius 1 is 1.67 bits per heavy atom. The van der Waals surface area contributed by atoms with Crippen molar-refractivity contribution in [1.82, 2.24) is 9.78 Å². The van der Waals surface area contributed by atoms with Crippen LogP contribution in [0.15, 0.2) is 24.2 Å². The summed E-state index contributed by atoms with van der Waals surface area (Å²) < 4.78 is 7.02. The summed E-state index contributed by atoms with van der Waals surface area (Å²) in [4.78, 5) is 0. The van der Waals surface area contributed by atoms with E-state index in [-0.39, 0.29) is 0 Å². The summed E-state index contributed by atoms with van der Waals surface area (Å²) in [5, 5.41) is 14.2. The minimum atomic E-state index is -0.564. The Labute approximate surface area is 89.2 Å². The molecule has 4 heteroatoms. The molecule has 0 saturated heterocycles. The maximum absolute atomic E-state index is 10.1. The highest BCUT2D eigenvalue weighted by atomic mass is 16.5. The van der Waals surface area contributed by atoms with Crippen molar-refractivity contribution in [3.63, 3.8) is 0 Å². The van der Waals surface area contributed by atoms with E-state index in [0.29, 0.717) is 0 Å². The number of hydrogen-bond donors (Lipinski definition) is 1. The highest BCUT2D eigenvalue weighted by Crippen LogP contribution is 2.26. The number of ether oxygens (including phenoxy) is 1. The third kappa shape index (κ3) is 2.21. The molecule has 1 aromatic rings. The molecule has 0 fully saturated rings. The molecule has 82 valence electrons. The smallest absolute Gasteiger partial charge is 0.106 e. The topological polar surface area (TPSA) is 47.3 Å². The first kappa shape index (κ1) is 10.2. The molecule has 1 atom stereocenters. The molecule has 4 nitrogen and oxygen atoms in total. The van der Waals surface area contributed by atoms with Crippen molar-refractivity contribution in [2.45, 2.75) is 32.4 Å². The van der Waals surface area contributed by atoms with E-state index in [2.05, 4.69) is 5.10 Å². The van der Waals surface area contributed by atoms with Gasteiger partial charge in [-0.2, -0.15) is 5.10 Å². The number of rotatable bonds is 3. The molecule has 0 bridgehead atoms. The molecule has 15 heavy (non-hydrogen) atoms. The van der Waals surface area contributed by atoms with Crippen LogP contribution in [0.25, 0.3) is 0 Å². The van der Waals surface area contributed by atoms with Crippen LogP contribution in [0.3, 0.4) is 0 Å². The van der Waals surface area contributed by atoms with Gasteiger partial charge in [0.2, 0.25) is 0 Å². The van der Waals surface area contributed by atoms with Gasteiger partial charge in [-0.1, -0.05) is 0 Å². The maximum atomic E-state index is 10.1. The van der Waals surface area contributed by atoms with Gasteiger partial charge in [-0.15, -0.1) is 0 Å². The monoisotopic (exact) mass is 208 g/mol. The average Bonchev–Trinajstić information content (AvgIpc) is 2.78. The summed E-state index contributed by atoms with van der Waals surface area (Å²) >= 11 is 0. The Morgan fingerprint density at radius 2 is 2.53 bits per heavy atom. The second kappa shape index (κ2) is 4.49. The van der Waals surface area contributed by atoms with E-state index in [1.54, 1.807) is 12.5 Å². The normalized spacial score (nSPS) is 18.1. The van der Waals surface area contributed by atoms with Gasteiger partial charge in [0.1, 0.15) is 6.10 Å². The average molecular weight is 208 g/mol. The molecule has 0 amide bonds. The van der Waals surface area contributed by atoms with Gasteiger partial charge in [0, 0.05) is 18.3 Å². The van der Waals surface area contributed by atoms with E-state index in [4.69, 9.17) is 4.74 Å². The molecule has 2 heterocycles. The molecule has 1 N–H and O–H groups in total. The molecule has 2 rings (SSSR count). The van der Waals surface area contributed by atoms with Gasteiger partial charge in [-0.05, 0) is 25.3 Å². The summed E-state index contributed by atoms with van der Waals surface area (Å²) in [6.45, 7) is 3.60. The van der Waals surface area contributed by atoms with Crippen molar-refractivity contribution in [2.75, 3.05) is 6.61 Å². The first-order chi connectivity index (χ1) is 7.31. The lowest BCUT2D eigenvalue weighted by Crippen LogP contribution is -2.07. The number of aromatic nitrogens is 2. The molecule has 0 aromatic carbocycles. The molecule has 0 aliphatic carbocycles. The fourth-order valence-electron chi connectivity index (χ4n) is 1.69. The molecule has 0 saturated carbocycles. The lowest BCUT2D eigenvalue weighted by molar-refractivity contribution is 0.170. The summed E-state index contributed by atoms with van der Waals surface area (Å²) in [7, 11) is 0. The van der Waals surface area contributed by atoms with E-state index < -0.39 is 6.10 Å². The summed E-state index contributed by atoms with van der Waals surface area (Å²) in [5.41, 5.74) is 1.78. The third-order valence-electron chi connectivity index (χ3n) is 2.61. The minimum absolute atomic E-state index is 0.564. The molecular formula is C11H16N2O2. The predicted molar refractivity (Wildman–Crippen MR) is 56.1 cm³/mol. The summed E-state index contributed by atoms with van der Waals surface area (Å²) in [5.74, 6) is 0. The van der Waals surface area contributed by atoms with Crippen LogP contribution in [0.2, 0.25) is 0 Å². The zero-order chi connectivity index (χ0) is 10.7. The van der Waals surface area contributed by atoms with Gasteiger partial charge in [-0.3, -0.25) is 4.68 Å².